The van der Waals surface area contributed by atoms with Gasteiger partial charge < -0.3 is 20.1 Å². The number of nitrogens with zero attached hydrogens (tertiary/aromatic N) is 1. The van der Waals surface area contributed by atoms with E-state index in [-0.39, 0.29) is 12.3 Å². The fourth-order valence-electron chi connectivity index (χ4n) is 3.16. The Labute approximate surface area is 210 Å². The first-order valence-electron chi connectivity index (χ1n) is 11.6. The van der Waals surface area contributed by atoms with Crippen molar-refractivity contribution in [3.8, 4) is 5.75 Å². The number of rotatable bonds is 9. The van der Waals surface area contributed by atoms with E-state index in [0.29, 0.717) is 17.7 Å². The normalized spacial score (nSPS) is 12.2. The second-order valence-corrected chi connectivity index (χ2v) is 10.6. The molecule has 0 aliphatic rings. The van der Waals surface area contributed by atoms with Gasteiger partial charge in [0, 0.05) is 17.5 Å². The molecular weight excluding hydrogens is 462 g/mol. The molecule has 8 heteroatoms. The van der Waals surface area contributed by atoms with E-state index in [0.717, 1.165) is 21.8 Å². The lowest BCUT2D eigenvalue weighted by molar-refractivity contribution is -0.118. The second-order valence-electron chi connectivity index (χ2n) is 9.53. The quantitative estimate of drug-likeness (QED) is 0.385. The standard InChI is InChI=1S/C27H33N3O4S/c1-18(2)23-16-28-25(35-23)30-24(31)22(29-26(32)34-27(3,4)5)15-19-11-13-21(14-12-19)33-17-20-9-7-6-8-10-20/h6-14,16,18,22H,15,17H2,1-5H3,(H,29,32)(H,28,30,31)/t22-/m0/s1. The Kier molecular flexibility index (Phi) is 8.87. The number of nitrogens with one attached hydrogen (secondary N) is 2. The third-order valence-corrected chi connectivity index (χ3v) is 6.16. The van der Waals surface area contributed by atoms with Crippen LogP contribution in [-0.4, -0.2) is 28.6 Å². The zero-order chi connectivity index (χ0) is 25.4. The third kappa shape index (κ3) is 8.72. The lowest BCUT2D eigenvalue weighted by Gasteiger charge is -2.23. The van der Waals surface area contributed by atoms with Gasteiger partial charge in [0.05, 0.1) is 0 Å². The van der Waals surface area contributed by atoms with Crippen LogP contribution in [0.3, 0.4) is 0 Å². The predicted molar refractivity (Wildman–Crippen MR) is 139 cm³/mol. The number of hydrogen-bond acceptors (Lipinski definition) is 6. The van der Waals surface area contributed by atoms with Crippen molar-refractivity contribution in [2.75, 3.05) is 5.32 Å². The molecule has 186 valence electrons. The topological polar surface area (TPSA) is 89.5 Å². The Morgan fingerprint density at radius 2 is 1.69 bits per heavy atom. The molecule has 0 saturated carbocycles. The van der Waals surface area contributed by atoms with Gasteiger partial charge in [-0.25, -0.2) is 9.78 Å². The summed E-state index contributed by atoms with van der Waals surface area (Å²) in [5, 5.41) is 6.03. The van der Waals surface area contributed by atoms with Crippen molar-refractivity contribution >= 4 is 28.5 Å². The molecule has 1 atom stereocenters. The monoisotopic (exact) mass is 495 g/mol. The zero-order valence-electron chi connectivity index (χ0n) is 20.8. The fourth-order valence-corrected chi connectivity index (χ4v) is 3.98. The minimum absolute atomic E-state index is 0.284. The fraction of sp³-hybridized carbons (Fsp3) is 0.370. The van der Waals surface area contributed by atoms with Gasteiger partial charge in [0.2, 0.25) is 5.91 Å². The van der Waals surface area contributed by atoms with Gasteiger partial charge in [-0.2, -0.15) is 0 Å². The highest BCUT2D eigenvalue weighted by atomic mass is 32.1. The Hall–Kier alpha value is -3.39. The average Bonchev–Trinajstić information content (AvgIpc) is 3.26. The van der Waals surface area contributed by atoms with Crippen molar-refractivity contribution in [3.63, 3.8) is 0 Å². The SMILES string of the molecule is CC(C)c1cnc(NC(=O)[C@H](Cc2ccc(OCc3ccccc3)cc2)NC(=O)OC(C)(C)C)s1. The summed E-state index contributed by atoms with van der Waals surface area (Å²) >= 11 is 1.42. The average molecular weight is 496 g/mol. The first kappa shape index (κ1) is 26.2. The molecule has 2 aromatic carbocycles. The van der Waals surface area contributed by atoms with Crippen LogP contribution in [0.2, 0.25) is 0 Å². The first-order valence-corrected chi connectivity index (χ1v) is 12.4. The summed E-state index contributed by atoms with van der Waals surface area (Å²) < 4.78 is 11.2. The summed E-state index contributed by atoms with van der Waals surface area (Å²) in [6, 6.07) is 16.6. The minimum Gasteiger partial charge on any atom is -0.489 e. The summed E-state index contributed by atoms with van der Waals surface area (Å²) in [4.78, 5) is 30.9. The number of benzene rings is 2. The molecule has 1 aromatic heterocycles. The van der Waals surface area contributed by atoms with Crippen molar-refractivity contribution in [2.45, 2.75) is 65.2 Å². The van der Waals surface area contributed by atoms with Gasteiger partial charge in [-0.15, -0.1) is 11.3 Å². The van der Waals surface area contributed by atoms with Crippen molar-refractivity contribution in [2.24, 2.45) is 0 Å². The van der Waals surface area contributed by atoms with E-state index in [1.807, 2.05) is 54.6 Å². The number of amides is 2. The van der Waals surface area contributed by atoms with Gasteiger partial charge in [0.25, 0.3) is 0 Å². The minimum atomic E-state index is -0.840. The van der Waals surface area contributed by atoms with Crippen LogP contribution in [0.1, 0.15) is 56.5 Å². The molecule has 0 unspecified atom stereocenters. The molecule has 2 amide bonds. The summed E-state index contributed by atoms with van der Waals surface area (Å²) in [6.07, 6.45) is 1.39. The maximum atomic E-state index is 13.1. The van der Waals surface area contributed by atoms with Crippen LogP contribution in [0.25, 0.3) is 0 Å². The molecular formula is C27H33N3O4S. The number of aromatic nitrogens is 1. The van der Waals surface area contributed by atoms with E-state index >= 15 is 0 Å². The molecule has 0 aliphatic carbocycles. The molecule has 0 radical (unpaired) electrons. The van der Waals surface area contributed by atoms with Crippen LogP contribution in [0.5, 0.6) is 5.75 Å². The van der Waals surface area contributed by atoms with Crippen LogP contribution < -0.4 is 15.4 Å². The van der Waals surface area contributed by atoms with Crippen molar-refractivity contribution in [1.29, 1.82) is 0 Å². The van der Waals surface area contributed by atoms with Crippen molar-refractivity contribution < 1.29 is 19.1 Å². The van der Waals surface area contributed by atoms with Crippen LogP contribution in [0, 0.1) is 0 Å². The Morgan fingerprint density at radius 1 is 1.00 bits per heavy atom. The van der Waals surface area contributed by atoms with Crippen LogP contribution in [0.4, 0.5) is 9.93 Å². The first-order chi connectivity index (χ1) is 16.6. The van der Waals surface area contributed by atoms with Gasteiger partial charge in [-0.1, -0.05) is 56.3 Å². The molecule has 0 aliphatic heterocycles. The molecule has 3 aromatic rings. The van der Waals surface area contributed by atoms with E-state index in [1.54, 1.807) is 27.0 Å². The molecule has 7 nitrogen and oxygen atoms in total. The Morgan fingerprint density at radius 3 is 2.29 bits per heavy atom. The lowest BCUT2D eigenvalue weighted by atomic mass is 10.1. The summed E-state index contributed by atoms with van der Waals surface area (Å²) in [7, 11) is 0. The van der Waals surface area contributed by atoms with E-state index < -0.39 is 17.7 Å². The molecule has 3 rings (SSSR count). The second kappa shape index (κ2) is 11.8. The van der Waals surface area contributed by atoms with Crippen molar-refractivity contribution in [3.05, 3.63) is 76.8 Å². The third-order valence-electron chi connectivity index (χ3n) is 4.94. The molecule has 0 saturated heterocycles. The number of hydrogen-bond donors (Lipinski definition) is 2. The van der Waals surface area contributed by atoms with Crippen LogP contribution in [-0.2, 0) is 22.6 Å². The van der Waals surface area contributed by atoms with E-state index in [9.17, 15) is 9.59 Å². The highest BCUT2D eigenvalue weighted by Gasteiger charge is 2.25. The summed E-state index contributed by atoms with van der Waals surface area (Å²) in [6.45, 7) is 9.94. The molecule has 0 fully saturated rings. The van der Waals surface area contributed by atoms with Gasteiger partial charge >= 0.3 is 6.09 Å². The molecule has 1 heterocycles. The molecule has 2 N–H and O–H groups in total. The van der Waals surface area contributed by atoms with Gasteiger partial charge in [0.1, 0.15) is 24.0 Å². The number of anilines is 1. The van der Waals surface area contributed by atoms with Gasteiger partial charge in [-0.3, -0.25) is 4.79 Å². The van der Waals surface area contributed by atoms with E-state index in [4.69, 9.17) is 9.47 Å². The van der Waals surface area contributed by atoms with E-state index in [1.165, 1.54) is 11.3 Å². The summed E-state index contributed by atoms with van der Waals surface area (Å²) in [5.74, 6) is 0.684. The van der Waals surface area contributed by atoms with Crippen LogP contribution >= 0.6 is 11.3 Å². The zero-order valence-corrected chi connectivity index (χ0v) is 21.6. The maximum Gasteiger partial charge on any atom is 0.408 e. The summed E-state index contributed by atoms with van der Waals surface area (Å²) in [5.41, 5.74) is 1.28. The molecule has 0 spiro atoms. The smallest absolute Gasteiger partial charge is 0.408 e. The maximum absolute atomic E-state index is 13.1. The highest BCUT2D eigenvalue weighted by Crippen LogP contribution is 2.25. The van der Waals surface area contributed by atoms with Crippen molar-refractivity contribution in [1.82, 2.24) is 10.3 Å². The predicted octanol–water partition coefficient (Wildman–Crippen LogP) is 5.92. The van der Waals surface area contributed by atoms with Gasteiger partial charge in [-0.05, 0) is 49.9 Å². The molecule has 35 heavy (non-hydrogen) atoms. The lowest BCUT2D eigenvalue weighted by Crippen LogP contribution is -2.47. The Balaban J connectivity index is 1.67. The number of ether oxygens (including phenoxy) is 2. The number of carbonyl (C=O) groups is 2. The number of thiazole rings is 1. The molecule has 0 bridgehead atoms. The number of carbonyl (C=O) groups excluding carboxylic acids is 2. The number of alkyl carbamates (subject to hydrolysis) is 1. The van der Waals surface area contributed by atoms with Crippen LogP contribution in [0.15, 0.2) is 60.8 Å². The Bertz CT molecular complexity index is 1110. The van der Waals surface area contributed by atoms with E-state index in [2.05, 4.69) is 29.5 Å². The highest BCUT2D eigenvalue weighted by molar-refractivity contribution is 7.15. The van der Waals surface area contributed by atoms with Gasteiger partial charge in [0.15, 0.2) is 5.13 Å². The largest absolute Gasteiger partial charge is 0.489 e.